The molecule has 0 aromatic heterocycles. The van der Waals surface area contributed by atoms with Gasteiger partial charge in [0.25, 0.3) is 0 Å². The number of carbonyl (C=O) groups excluding carboxylic acids is 2. The van der Waals surface area contributed by atoms with Crippen molar-refractivity contribution in [3.05, 3.63) is 48.0 Å². The van der Waals surface area contributed by atoms with Gasteiger partial charge < -0.3 is 19.5 Å². The molecule has 0 radical (unpaired) electrons. The minimum absolute atomic E-state index is 0.481. The van der Waals surface area contributed by atoms with Crippen LogP contribution in [0, 0.1) is 0 Å². The van der Waals surface area contributed by atoms with Gasteiger partial charge in [0.05, 0.1) is 26.5 Å². The van der Waals surface area contributed by atoms with Crippen LogP contribution in [0.3, 0.4) is 0 Å². The number of hydrogen-bond donors (Lipinski definition) is 2. The second kappa shape index (κ2) is 11.3. The van der Waals surface area contributed by atoms with E-state index in [4.69, 9.17) is 14.2 Å². The summed E-state index contributed by atoms with van der Waals surface area (Å²) in [6, 6.07) is 12.0. The zero-order valence-electron chi connectivity index (χ0n) is 16.7. The first kappa shape index (κ1) is 21.7. The van der Waals surface area contributed by atoms with Gasteiger partial charge in [0.15, 0.2) is 11.5 Å². The Hall–Kier alpha value is -3.55. The van der Waals surface area contributed by atoms with E-state index in [2.05, 4.69) is 15.8 Å². The van der Waals surface area contributed by atoms with E-state index in [1.54, 1.807) is 49.6 Å². The van der Waals surface area contributed by atoms with Crippen LogP contribution in [-0.4, -0.2) is 38.4 Å². The Morgan fingerprint density at radius 3 is 2.41 bits per heavy atom. The first-order valence-corrected chi connectivity index (χ1v) is 9.25. The molecule has 2 N–H and O–H groups in total. The third kappa shape index (κ3) is 6.84. The van der Waals surface area contributed by atoms with Crippen LogP contribution in [-0.2, 0) is 9.59 Å². The summed E-state index contributed by atoms with van der Waals surface area (Å²) in [7, 11) is 1.55. The zero-order valence-corrected chi connectivity index (χ0v) is 16.7. The average Bonchev–Trinajstić information content (AvgIpc) is 2.73. The van der Waals surface area contributed by atoms with Gasteiger partial charge >= 0.3 is 11.8 Å². The number of ether oxygens (including phenoxy) is 3. The molecule has 0 fully saturated rings. The molecule has 0 saturated carbocycles. The maximum absolute atomic E-state index is 12.0. The van der Waals surface area contributed by atoms with E-state index in [9.17, 15) is 9.59 Å². The highest BCUT2D eigenvalue weighted by molar-refractivity contribution is 6.39. The van der Waals surface area contributed by atoms with Crippen LogP contribution in [0.2, 0.25) is 0 Å². The van der Waals surface area contributed by atoms with Crippen molar-refractivity contribution in [3.8, 4) is 17.2 Å². The second-order valence-electron chi connectivity index (χ2n) is 5.87. The van der Waals surface area contributed by atoms with E-state index in [0.29, 0.717) is 41.7 Å². The Labute approximate surface area is 169 Å². The highest BCUT2D eigenvalue weighted by Crippen LogP contribution is 2.27. The number of amides is 2. The fraction of sp³-hybridized carbons (Fsp3) is 0.286. The molecule has 0 spiro atoms. The fourth-order valence-corrected chi connectivity index (χ4v) is 2.30. The second-order valence-corrected chi connectivity index (χ2v) is 5.87. The van der Waals surface area contributed by atoms with Gasteiger partial charge in [-0.15, -0.1) is 0 Å². The molecule has 8 heteroatoms. The molecule has 0 saturated heterocycles. The molecule has 8 nitrogen and oxygen atoms in total. The summed E-state index contributed by atoms with van der Waals surface area (Å²) >= 11 is 0. The molecule has 0 unspecified atom stereocenters. The number of nitrogens with one attached hydrogen (secondary N) is 2. The Morgan fingerprint density at radius 1 is 1.00 bits per heavy atom. The minimum Gasteiger partial charge on any atom is -0.494 e. The van der Waals surface area contributed by atoms with Gasteiger partial charge in [0, 0.05) is 5.69 Å². The van der Waals surface area contributed by atoms with Gasteiger partial charge in [0.1, 0.15) is 5.75 Å². The first-order valence-electron chi connectivity index (χ1n) is 9.25. The summed E-state index contributed by atoms with van der Waals surface area (Å²) in [5, 5.41) is 6.30. The van der Waals surface area contributed by atoms with Crippen molar-refractivity contribution < 1.29 is 23.8 Å². The maximum Gasteiger partial charge on any atom is 0.329 e. The van der Waals surface area contributed by atoms with E-state index >= 15 is 0 Å². The van der Waals surface area contributed by atoms with Gasteiger partial charge in [-0.05, 0) is 61.4 Å². The molecule has 29 heavy (non-hydrogen) atoms. The first-order chi connectivity index (χ1) is 14.1. The summed E-state index contributed by atoms with van der Waals surface area (Å²) < 4.78 is 16.2. The summed E-state index contributed by atoms with van der Waals surface area (Å²) in [5.41, 5.74) is 3.35. The van der Waals surface area contributed by atoms with E-state index < -0.39 is 11.8 Å². The van der Waals surface area contributed by atoms with Crippen LogP contribution in [0.4, 0.5) is 5.69 Å². The molecule has 154 valence electrons. The smallest absolute Gasteiger partial charge is 0.329 e. The van der Waals surface area contributed by atoms with E-state index in [1.807, 2.05) is 13.8 Å². The van der Waals surface area contributed by atoms with Crippen molar-refractivity contribution in [2.75, 3.05) is 25.6 Å². The molecule has 0 aliphatic rings. The highest BCUT2D eigenvalue weighted by atomic mass is 16.5. The molecule has 2 amide bonds. The Kier molecular flexibility index (Phi) is 8.50. The van der Waals surface area contributed by atoms with Crippen molar-refractivity contribution in [2.45, 2.75) is 20.3 Å². The lowest BCUT2D eigenvalue weighted by atomic mass is 10.2. The number of nitrogens with zero attached hydrogens (tertiary/aromatic N) is 1. The highest BCUT2D eigenvalue weighted by Gasteiger charge is 2.13. The van der Waals surface area contributed by atoms with Gasteiger partial charge in [-0.1, -0.05) is 6.92 Å². The number of methoxy groups -OCH3 is 1. The number of rotatable bonds is 9. The van der Waals surface area contributed by atoms with Crippen LogP contribution >= 0.6 is 0 Å². The number of anilines is 1. The zero-order chi connectivity index (χ0) is 21.1. The Morgan fingerprint density at radius 2 is 1.76 bits per heavy atom. The molecular weight excluding hydrogens is 374 g/mol. The standard InChI is InChI=1S/C21H25N3O5/c1-4-12-29-17-9-7-16(8-10-17)23-20(25)21(26)24-22-14-15-6-11-18(27-3)19(13-15)28-5-2/h6-11,13-14H,4-5,12H2,1-3H3,(H,23,25)(H,24,26)/b22-14-. The molecule has 2 rings (SSSR count). The molecule has 0 bridgehead atoms. The Balaban J connectivity index is 1.89. The molecule has 0 aliphatic carbocycles. The lowest BCUT2D eigenvalue weighted by Gasteiger charge is -2.09. The molecule has 0 atom stereocenters. The van der Waals surface area contributed by atoms with Crippen molar-refractivity contribution in [1.29, 1.82) is 0 Å². The Bertz CT molecular complexity index is 850. The van der Waals surface area contributed by atoms with Crippen molar-refractivity contribution in [1.82, 2.24) is 5.43 Å². The number of benzene rings is 2. The minimum atomic E-state index is -0.883. The van der Waals surface area contributed by atoms with Crippen LogP contribution in [0.5, 0.6) is 17.2 Å². The third-order valence-electron chi connectivity index (χ3n) is 3.66. The lowest BCUT2D eigenvalue weighted by molar-refractivity contribution is -0.136. The summed E-state index contributed by atoms with van der Waals surface area (Å²) in [6.45, 7) is 4.99. The molecule has 0 aliphatic heterocycles. The lowest BCUT2D eigenvalue weighted by Crippen LogP contribution is -2.32. The van der Waals surface area contributed by atoms with Gasteiger partial charge in [0.2, 0.25) is 0 Å². The van der Waals surface area contributed by atoms with Gasteiger partial charge in [-0.3, -0.25) is 9.59 Å². The predicted octanol–water partition coefficient (Wildman–Crippen LogP) is 2.97. The van der Waals surface area contributed by atoms with Crippen LogP contribution in [0.1, 0.15) is 25.8 Å². The number of carbonyl (C=O) groups is 2. The quantitative estimate of drug-likeness (QED) is 0.384. The van der Waals surface area contributed by atoms with E-state index in [1.165, 1.54) is 6.21 Å². The average molecular weight is 399 g/mol. The summed E-state index contributed by atoms with van der Waals surface area (Å²) in [4.78, 5) is 23.9. The van der Waals surface area contributed by atoms with E-state index in [-0.39, 0.29) is 0 Å². The maximum atomic E-state index is 12.0. The SMILES string of the molecule is CCCOc1ccc(NC(=O)C(=O)N/N=C\c2ccc(OC)c(OCC)c2)cc1. The largest absolute Gasteiger partial charge is 0.494 e. The van der Waals surface area contributed by atoms with Crippen molar-refractivity contribution in [3.63, 3.8) is 0 Å². The molecular formula is C21H25N3O5. The van der Waals surface area contributed by atoms with Gasteiger partial charge in [-0.2, -0.15) is 5.10 Å². The molecule has 2 aromatic rings. The monoisotopic (exact) mass is 399 g/mol. The van der Waals surface area contributed by atoms with E-state index in [0.717, 1.165) is 6.42 Å². The van der Waals surface area contributed by atoms with Crippen molar-refractivity contribution >= 4 is 23.7 Å². The fourth-order valence-electron chi connectivity index (χ4n) is 2.30. The third-order valence-corrected chi connectivity index (χ3v) is 3.66. The van der Waals surface area contributed by atoms with Crippen LogP contribution in [0.25, 0.3) is 0 Å². The molecule has 2 aromatic carbocycles. The molecule has 0 heterocycles. The summed E-state index contributed by atoms with van der Waals surface area (Å²) in [5.74, 6) is 0.151. The van der Waals surface area contributed by atoms with Gasteiger partial charge in [-0.25, -0.2) is 5.43 Å². The normalized spacial score (nSPS) is 10.4. The van der Waals surface area contributed by atoms with Crippen LogP contribution in [0.15, 0.2) is 47.6 Å². The van der Waals surface area contributed by atoms with Crippen LogP contribution < -0.4 is 25.0 Å². The number of hydrazone groups is 1. The topological polar surface area (TPSA) is 98.2 Å². The summed E-state index contributed by atoms with van der Waals surface area (Å²) in [6.07, 6.45) is 2.32. The van der Waals surface area contributed by atoms with Crippen molar-refractivity contribution in [2.24, 2.45) is 5.10 Å². The predicted molar refractivity (Wildman–Crippen MR) is 111 cm³/mol. The number of hydrogen-bond acceptors (Lipinski definition) is 6.